The van der Waals surface area contributed by atoms with Crippen molar-refractivity contribution in [1.29, 1.82) is 0 Å². The molecule has 0 radical (unpaired) electrons. The zero-order chi connectivity index (χ0) is 18.7. The van der Waals surface area contributed by atoms with Gasteiger partial charge in [0.1, 0.15) is 0 Å². The molecule has 138 valence electrons. The van der Waals surface area contributed by atoms with Crippen molar-refractivity contribution < 1.29 is 19.1 Å². The summed E-state index contributed by atoms with van der Waals surface area (Å²) >= 11 is 1.30. The van der Waals surface area contributed by atoms with Gasteiger partial charge in [0.2, 0.25) is 5.91 Å². The second-order valence-electron chi connectivity index (χ2n) is 6.28. The Kier molecular flexibility index (Phi) is 5.46. The van der Waals surface area contributed by atoms with Gasteiger partial charge in [-0.05, 0) is 42.7 Å². The van der Waals surface area contributed by atoms with Crippen LogP contribution in [-0.4, -0.2) is 38.0 Å². The zero-order valence-corrected chi connectivity index (χ0v) is 15.9. The maximum Gasteiger partial charge on any atom is 0.264 e. The van der Waals surface area contributed by atoms with Crippen molar-refractivity contribution in [3.05, 3.63) is 40.8 Å². The molecular weight excluding hydrogens is 352 g/mol. The van der Waals surface area contributed by atoms with Gasteiger partial charge in [0.05, 0.1) is 24.1 Å². The predicted octanol–water partition coefficient (Wildman–Crippen LogP) is 3.39. The summed E-state index contributed by atoms with van der Waals surface area (Å²) in [6.07, 6.45) is 1.91. The Balaban J connectivity index is 1.64. The first kappa shape index (κ1) is 18.3. The third-order valence-electron chi connectivity index (χ3n) is 4.23. The average Bonchev–Trinajstić information content (AvgIpc) is 3.40. The van der Waals surface area contributed by atoms with Gasteiger partial charge in [-0.2, -0.15) is 0 Å². The van der Waals surface area contributed by atoms with E-state index in [1.54, 1.807) is 38.3 Å². The minimum atomic E-state index is -0.0864. The topological polar surface area (TPSA) is 67.9 Å². The minimum absolute atomic E-state index is 0.0459. The van der Waals surface area contributed by atoms with Gasteiger partial charge in [0.25, 0.3) is 5.91 Å². The number of rotatable bonds is 7. The van der Waals surface area contributed by atoms with Gasteiger partial charge in [0.15, 0.2) is 11.5 Å². The van der Waals surface area contributed by atoms with E-state index in [0.29, 0.717) is 27.9 Å². The Morgan fingerprint density at radius 3 is 2.54 bits per heavy atom. The monoisotopic (exact) mass is 374 g/mol. The lowest BCUT2D eigenvalue weighted by molar-refractivity contribution is -0.117. The summed E-state index contributed by atoms with van der Waals surface area (Å²) in [7, 11) is 4.92. The van der Waals surface area contributed by atoms with Crippen molar-refractivity contribution in [3.63, 3.8) is 0 Å². The van der Waals surface area contributed by atoms with E-state index in [2.05, 4.69) is 5.32 Å². The highest BCUT2D eigenvalue weighted by molar-refractivity contribution is 7.18. The summed E-state index contributed by atoms with van der Waals surface area (Å²) in [5.41, 5.74) is 0.942. The number of ether oxygens (including phenoxy) is 2. The minimum Gasteiger partial charge on any atom is -0.493 e. The lowest BCUT2D eigenvalue weighted by atomic mass is 10.2. The maximum atomic E-state index is 12.6. The normalized spacial score (nSPS) is 13.2. The lowest BCUT2D eigenvalue weighted by Crippen LogP contribution is -2.25. The first-order valence-electron chi connectivity index (χ1n) is 8.39. The van der Waals surface area contributed by atoms with E-state index in [9.17, 15) is 9.59 Å². The number of amides is 2. The van der Waals surface area contributed by atoms with Gasteiger partial charge in [-0.25, -0.2) is 0 Å². The largest absolute Gasteiger partial charge is 0.493 e. The Morgan fingerprint density at radius 1 is 1.15 bits per heavy atom. The quantitative estimate of drug-likeness (QED) is 0.807. The fourth-order valence-electron chi connectivity index (χ4n) is 2.60. The van der Waals surface area contributed by atoms with Crippen molar-refractivity contribution in [2.75, 3.05) is 26.6 Å². The molecule has 2 aromatic rings. The molecular formula is C19H22N2O4S. The summed E-state index contributed by atoms with van der Waals surface area (Å²) < 4.78 is 10.5. The smallest absolute Gasteiger partial charge is 0.264 e. The molecule has 0 aliphatic heterocycles. The van der Waals surface area contributed by atoms with Crippen molar-refractivity contribution in [2.45, 2.75) is 19.4 Å². The molecule has 1 N–H and O–H groups in total. The molecule has 1 saturated carbocycles. The summed E-state index contributed by atoms with van der Waals surface area (Å²) in [4.78, 5) is 26.7. The number of anilines is 1. The van der Waals surface area contributed by atoms with Crippen LogP contribution in [-0.2, 0) is 11.3 Å². The van der Waals surface area contributed by atoms with Crippen LogP contribution in [0.5, 0.6) is 11.5 Å². The molecule has 0 saturated heterocycles. The first-order valence-corrected chi connectivity index (χ1v) is 9.20. The van der Waals surface area contributed by atoms with E-state index >= 15 is 0 Å². The first-order chi connectivity index (χ1) is 12.5. The number of hydrogen-bond donors (Lipinski definition) is 1. The van der Waals surface area contributed by atoms with Crippen LogP contribution in [0, 0.1) is 5.92 Å². The van der Waals surface area contributed by atoms with Gasteiger partial charge >= 0.3 is 0 Å². The van der Waals surface area contributed by atoms with E-state index in [-0.39, 0.29) is 17.7 Å². The highest BCUT2D eigenvalue weighted by atomic mass is 32.1. The SMILES string of the molecule is COc1ccc(CN(C)C(=O)c2ccc(NC(=O)C3CC3)s2)cc1OC. The molecule has 1 aromatic carbocycles. The fourth-order valence-corrected chi connectivity index (χ4v) is 3.51. The van der Waals surface area contributed by atoms with E-state index in [4.69, 9.17) is 9.47 Å². The third kappa shape index (κ3) is 4.16. The maximum absolute atomic E-state index is 12.6. The Morgan fingerprint density at radius 2 is 1.88 bits per heavy atom. The zero-order valence-electron chi connectivity index (χ0n) is 15.1. The summed E-state index contributed by atoms with van der Waals surface area (Å²) in [6, 6.07) is 9.12. The van der Waals surface area contributed by atoms with Crippen LogP contribution in [0.1, 0.15) is 28.1 Å². The number of carbonyl (C=O) groups excluding carboxylic acids is 2. The summed E-state index contributed by atoms with van der Waals surface area (Å²) in [5, 5.41) is 3.59. The molecule has 0 atom stereocenters. The number of benzene rings is 1. The molecule has 7 heteroatoms. The van der Waals surface area contributed by atoms with Crippen LogP contribution in [0.3, 0.4) is 0 Å². The third-order valence-corrected chi connectivity index (χ3v) is 5.21. The second kappa shape index (κ2) is 7.78. The van der Waals surface area contributed by atoms with E-state index in [1.165, 1.54) is 11.3 Å². The highest BCUT2D eigenvalue weighted by Gasteiger charge is 2.30. The fraction of sp³-hybridized carbons (Fsp3) is 0.368. The van der Waals surface area contributed by atoms with Crippen LogP contribution < -0.4 is 14.8 Å². The second-order valence-corrected chi connectivity index (χ2v) is 7.36. The Labute approximate surface area is 156 Å². The predicted molar refractivity (Wildman–Crippen MR) is 101 cm³/mol. The molecule has 1 aliphatic carbocycles. The van der Waals surface area contributed by atoms with Crippen LogP contribution in [0.15, 0.2) is 30.3 Å². The molecule has 3 rings (SSSR count). The molecule has 2 amide bonds. The number of thiophene rings is 1. The van der Waals surface area contributed by atoms with E-state index in [1.807, 2.05) is 18.2 Å². The number of hydrogen-bond acceptors (Lipinski definition) is 5. The van der Waals surface area contributed by atoms with Gasteiger partial charge in [-0.15, -0.1) is 11.3 Å². The van der Waals surface area contributed by atoms with E-state index < -0.39 is 0 Å². The molecule has 26 heavy (non-hydrogen) atoms. The van der Waals surface area contributed by atoms with E-state index in [0.717, 1.165) is 18.4 Å². The number of nitrogens with one attached hydrogen (secondary N) is 1. The van der Waals surface area contributed by atoms with Crippen LogP contribution in [0.25, 0.3) is 0 Å². The van der Waals surface area contributed by atoms with Gasteiger partial charge < -0.3 is 19.7 Å². The van der Waals surface area contributed by atoms with Crippen LogP contribution >= 0.6 is 11.3 Å². The molecule has 1 aromatic heterocycles. The van der Waals surface area contributed by atoms with Crippen molar-refractivity contribution in [3.8, 4) is 11.5 Å². The summed E-state index contributed by atoms with van der Waals surface area (Å²) in [6.45, 7) is 0.445. The number of nitrogens with zero attached hydrogens (tertiary/aromatic N) is 1. The standard InChI is InChI=1S/C19H22N2O4S/c1-21(11-12-4-7-14(24-2)15(10-12)25-3)19(23)16-8-9-17(26-16)20-18(22)13-5-6-13/h4,7-10,13H,5-6,11H2,1-3H3,(H,20,22). The Hall–Kier alpha value is -2.54. The average molecular weight is 374 g/mol. The molecule has 6 nitrogen and oxygen atoms in total. The molecule has 1 aliphatic rings. The van der Waals surface area contributed by atoms with Crippen LogP contribution in [0.2, 0.25) is 0 Å². The van der Waals surface area contributed by atoms with Crippen molar-refractivity contribution in [2.24, 2.45) is 5.92 Å². The molecule has 1 heterocycles. The summed E-state index contributed by atoms with van der Waals surface area (Å²) in [5.74, 6) is 1.39. The lowest BCUT2D eigenvalue weighted by Gasteiger charge is -2.17. The van der Waals surface area contributed by atoms with Gasteiger partial charge in [-0.1, -0.05) is 6.07 Å². The van der Waals surface area contributed by atoms with Crippen molar-refractivity contribution in [1.82, 2.24) is 4.90 Å². The molecule has 0 spiro atoms. The molecule has 0 bridgehead atoms. The number of methoxy groups -OCH3 is 2. The Bertz CT molecular complexity index is 814. The molecule has 0 unspecified atom stereocenters. The highest BCUT2D eigenvalue weighted by Crippen LogP contribution is 2.32. The van der Waals surface area contributed by atoms with Crippen molar-refractivity contribution >= 4 is 28.2 Å². The van der Waals surface area contributed by atoms with Crippen LogP contribution in [0.4, 0.5) is 5.00 Å². The number of carbonyl (C=O) groups is 2. The molecule has 1 fully saturated rings. The van der Waals surface area contributed by atoms with Gasteiger partial charge in [-0.3, -0.25) is 9.59 Å². The van der Waals surface area contributed by atoms with Gasteiger partial charge in [0, 0.05) is 19.5 Å².